The average Bonchev–Trinajstić information content (AvgIpc) is 2.64. The van der Waals surface area contributed by atoms with Crippen LogP contribution in [0.1, 0.15) is 26.7 Å². The first-order valence-electron chi connectivity index (χ1n) is 9.01. The first-order chi connectivity index (χ1) is 13.5. The Hall–Kier alpha value is -2.93. The van der Waals surface area contributed by atoms with E-state index >= 15 is 0 Å². The monoisotopic (exact) mass is 417 g/mol. The minimum atomic E-state index is -1.39. The lowest BCUT2D eigenvalue weighted by molar-refractivity contribution is -0.142. The first-order valence-corrected chi connectivity index (χ1v) is 9.01. The summed E-state index contributed by atoms with van der Waals surface area (Å²) in [4.78, 5) is 50.8. The number of nitrogens with one attached hydrogen (secondary N) is 3. The Labute approximate surface area is 168 Å². The molecule has 0 radical (unpaired) electrons. The highest BCUT2D eigenvalue weighted by molar-refractivity contribution is 5.92. The number of hydrogen-bond donors (Lipinski definition) is 8. The van der Waals surface area contributed by atoms with Crippen LogP contribution in [0.2, 0.25) is 0 Å². The predicted octanol–water partition coefficient (Wildman–Crippen LogP) is -3.81. The summed E-state index contributed by atoms with van der Waals surface area (Å²) in [6.07, 6.45) is 0.320. The smallest absolute Gasteiger partial charge is 0.326 e. The quantitative estimate of drug-likeness (QED) is 0.0831. The Morgan fingerprint density at radius 1 is 1.03 bits per heavy atom. The molecule has 0 aliphatic rings. The number of aliphatic hydroxyl groups is 1. The summed E-state index contributed by atoms with van der Waals surface area (Å²) in [6, 6.07) is -3.45. The zero-order valence-corrected chi connectivity index (χ0v) is 16.6. The van der Waals surface area contributed by atoms with Crippen molar-refractivity contribution in [2.24, 2.45) is 28.1 Å². The van der Waals surface area contributed by atoms with Crippen molar-refractivity contribution in [3.05, 3.63) is 0 Å². The molecule has 0 rings (SSSR count). The maximum absolute atomic E-state index is 12.2. The number of carbonyl (C=O) groups excluding carboxylic acids is 3. The van der Waals surface area contributed by atoms with E-state index in [9.17, 15) is 29.4 Å². The highest BCUT2D eigenvalue weighted by atomic mass is 16.4. The molecule has 0 aliphatic carbocycles. The number of nitrogens with two attached hydrogens (primary N) is 3. The van der Waals surface area contributed by atoms with Gasteiger partial charge < -0.3 is 43.4 Å². The SMILES string of the molecule is CC(C)C(N)C(=O)NCC(=O)NC(CO)C(=O)NC(CCCN=C(N)N)C(=O)O. The number of rotatable bonds is 13. The van der Waals surface area contributed by atoms with Gasteiger partial charge in [0.05, 0.1) is 19.2 Å². The van der Waals surface area contributed by atoms with E-state index in [1.165, 1.54) is 0 Å². The van der Waals surface area contributed by atoms with Crippen molar-refractivity contribution in [3.63, 3.8) is 0 Å². The van der Waals surface area contributed by atoms with Gasteiger partial charge in [0.2, 0.25) is 17.7 Å². The van der Waals surface area contributed by atoms with Gasteiger partial charge in [-0.05, 0) is 18.8 Å². The summed E-state index contributed by atoms with van der Waals surface area (Å²) in [7, 11) is 0. The molecular formula is C16H31N7O6. The van der Waals surface area contributed by atoms with Gasteiger partial charge in [0.15, 0.2) is 5.96 Å². The van der Waals surface area contributed by atoms with Crippen LogP contribution in [0.4, 0.5) is 0 Å². The van der Waals surface area contributed by atoms with Crippen LogP contribution in [0.25, 0.3) is 0 Å². The highest BCUT2D eigenvalue weighted by Gasteiger charge is 2.26. The van der Waals surface area contributed by atoms with Crippen molar-refractivity contribution < 1.29 is 29.4 Å². The zero-order valence-electron chi connectivity index (χ0n) is 16.6. The number of carboxylic acids is 1. The number of nitrogens with zero attached hydrogens (tertiary/aromatic N) is 1. The van der Waals surface area contributed by atoms with E-state index in [-0.39, 0.29) is 31.3 Å². The fourth-order valence-electron chi connectivity index (χ4n) is 2.06. The highest BCUT2D eigenvalue weighted by Crippen LogP contribution is 2.00. The van der Waals surface area contributed by atoms with E-state index in [1.807, 2.05) is 0 Å². The van der Waals surface area contributed by atoms with Crippen molar-refractivity contribution >= 4 is 29.7 Å². The summed E-state index contributed by atoms with van der Waals surface area (Å²) in [5.41, 5.74) is 16.0. The molecule has 29 heavy (non-hydrogen) atoms. The summed E-state index contributed by atoms with van der Waals surface area (Å²) < 4.78 is 0. The van der Waals surface area contributed by atoms with Crippen molar-refractivity contribution in [3.8, 4) is 0 Å². The van der Waals surface area contributed by atoms with E-state index in [4.69, 9.17) is 17.2 Å². The molecular weight excluding hydrogens is 386 g/mol. The summed E-state index contributed by atoms with van der Waals surface area (Å²) in [6.45, 7) is 2.45. The molecule has 13 heteroatoms. The van der Waals surface area contributed by atoms with Gasteiger partial charge in [-0.1, -0.05) is 13.8 Å². The molecule has 11 N–H and O–H groups in total. The molecule has 13 nitrogen and oxygen atoms in total. The van der Waals surface area contributed by atoms with E-state index in [0.29, 0.717) is 0 Å². The number of guanidine groups is 1. The molecule has 0 saturated heterocycles. The Morgan fingerprint density at radius 3 is 2.14 bits per heavy atom. The Kier molecular flexibility index (Phi) is 11.9. The second-order valence-electron chi connectivity index (χ2n) is 6.64. The van der Waals surface area contributed by atoms with Gasteiger partial charge in [0, 0.05) is 6.54 Å². The minimum absolute atomic E-state index is 0.0348. The summed E-state index contributed by atoms with van der Waals surface area (Å²) in [5, 5.41) is 25.3. The van der Waals surface area contributed by atoms with Crippen LogP contribution < -0.4 is 33.2 Å². The molecule has 0 aromatic rings. The molecule has 3 atom stereocenters. The van der Waals surface area contributed by atoms with E-state index in [1.54, 1.807) is 13.8 Å². The summed E-state index contributed by atoms with van der Waals surface area (Å²) >= 11 is 0. The van der Waals surface area contributed by atoms with Crippen LogP contribution in [0.3, 0.4) is 0 Å². The minimum Gasteiger partial charge on any atom is -0.480 e. The van der Waals surface area contributed by atoms with Crippen molar-refractivity contribution in [2.75, 3.05) is 19.7 Å². The molecule has 0 saturated carbocycles. The number of hydrogen-bond acceptors (Lipinski definition) is 7. The number of aliphatic imine (C=N–C) groups is 1. The van der Waals surface area contributed by atoms with Gasteiger partial charge in [-0.2, -0.15) is 0 Å². The van der Waals surface area contributed by atoms with Gasteiger partial charge in [0.1, 0.15) is 12.1 Å². The van der Waals surface area contributed by atoms with Crippen molar-refractivity contribution in [1.29, 1.82) is 0 Å². The van der Waals surface area contributed by atoms with E-state index in [0.717, 1.165) is 0 Å². The predicted molar refractivity (Wildman–Crippen MR) is 104 cm³/mol. The molecule has 0 heterocycles. The van der Waals surface area contributed by atoms with Gasteiger partial charge in [-0.3, -0.25) is 19.4 Å². The third kappa shape index (κ3) is 10.8. The van der Waals surface area contributed by atoms with Crippen LogP contribution in [0.15, 0.2) is 4.99 Å². The second-order valence-corrected chi connectivity index (χ2v) is 6.64. The fourth-order valence-corrected chi connectivity index (χ4v) is 2.06. The fraction of sp³-hybridized carbons (Fsp3) is 0.688. The first kappa shape index (κ1) is 26.1. The molecule has 0 fully saturated rings. The molecule has 0 aromatic heterocycles. The van der Waals surface area contributed by atoms with Crippen LogP contribution in [0.5, 0.6) is 0 Å². The maximum Gasteiger partial charge on any atom is 0.326 e. The Bertz CT molecular complexity index is 607. The van der Waals surface area contributed by atoms with Crippen LogP contribution >= 0.6 is 0 Å². The largest absolute Gasteiger partial charge is 0.480 e. The number of amides is 3. The zero-order chi connectivity index (χ0) is 22.6. The molecule has 0 aromatic carbocycles. The standard InChI is InChI=1S/C16H31N7O6/c1-8(2)12(17)14(27)21-6-11(25)22-10(7-24)13(26)23-9(15(28)29)4-3-5-20-16(18)19/h8-10,12,24H,3-7,17H2,1-2H3,(H,21,27)(H,22,25)(H,23,26)(H,28,29)(H4,18,19,20). The van der Waals surface area contributed by atoms with Crippen molar-refractivity contribution in [1.82, 2.24) is 16.0 Å². The van der Waals surface area contributed by atoms with Crippen LogP contribution in [0, 0.1) is 5.92 Å². The van der Waals surface area contributed by atoms with E-state index in [2.05, 4.69) is 20.9 Å². The second kappa shape index (κ2) is 13.3. The molecule has 0 bridgehead atoms. The molecule has 0 aliphatic heterocycles. The molecule has 3 amide bonds. The lowest BCUT2D eigenvalue weighted by Gasteiger charge is -2.20. The van der Waals surface area contributed by atoms with Gasteiger partial charge in [0.25, 0.3) is 0 Å². The number of aliphatic carboxylic acids is 1. The number of carboxylic acid groups (broad SMARTS) is 1. The van der Waals surface area contributed by atoms with Crippen molar-refractivity contribution in [2.45, 2.75) is 44.8 Å². The van der Waals surface area contributed by atoms with Gasteiger partial charge in [-0.15, -0.1) is 0 Å². The average molecular weight is 417 g/mol. The molecule has 166 valence electrons. The maximum atomic E-state index is 12.2. The van der Waals surface area contributed by atoms with E-state index < -0.39 is 55.0 Å². The Balaban J connectivity index is 4.64. The van der Waals surface area contributed by atoms with Gasteiger partial charge >= 0.3 is 5.97 Å². The third-order valence-corrected chi connectivity index (χ3v) is 3.84. The Morgan fingerprint density at radius 2 is 1.66 bits per heavy atom. The topological polar surface area (TPSA) is 235 Å². The summed E-state index contributed by atoms with van der Waals surface area (Å²) in [5.74, 6) is -3.73. The molecule has 0 spiro atoms. The molecule has 3 unspecified atom stereocenters. The van der Waals surface area contributed by atoms with Crippen LogP contribution in [-0.4, -0.2) is 77.7 Å². The number of carbonyl (C=O) groups is 4. The lowest BCUT2D eigenvalue weighted by Crippen LogP contribution is -2.55. The number of aliphatic hydroxyl groups excluding tert-OH is 1. The van der Waals surface area contributed by atoms with Crippen LogP contribution in [-0.2, 0) is 19.2 Å². The third-order valence-electron chi connectivity index (χ3n) is 3.84. The lowest BCUT2D eigenvalue weighted by atomic mass is 10.1. The normalized spacial score (nSPS) is 13.7. The van der Waals surface area contributed by atoms with Gasteiger partial charge in [-0.25, -0.2) is 4.79 Å².